The van der Waals surface area contributed by atoms with Gasteiger partial charge in [0.2, 0.25) is 0 Å². The smallest absolute Gasteiger partial charge is 0.267 e. The molecule has 8 nitrogen and oxygen atoms in total. The monoisotopic (exact) mass is 480 g/mol. The highest BCUT2D eigenvalue weighted by Gasteiger charge is 2.37. The number of anilines is 2. The Balaban J connectivity index is 1.45. The molecule has 0 radical (unpaired) electrons. The summed E-state index contributed by atoms with van der Waals surface area (Å²) in [6.07, 6.45) is -1.05. The summed E-state index contributed by atoms with van der Waals surface area (Å²) in [4.78, 5) is 13.3. The number of nitrogens with zero attached hydrogens (tertiary/aromatic N) is 1. The Morgan fingerprint density at radius 3 is 2.32 bits per heavy atom. The van der Waals surface area contributed by atoms with Crippen molar-refractivity contribution in [3.63, 3.8) is 0 Å². The third-order valence-electron chi connectivity index (χ3n) is 5.70. The minimum Gasteiger partial charge on any atom is -0.486 e. The Labute approximate surface area is 198 Å². The summed E-state index contributed by atoms with van der Waals surface area (Å²) in [7, 11) is -3.92. The van der Waals surface area contributed by atoms with Crippen molar-refractivity contribution in [3.05, 3.63) is 71.8 Å². The third-order valence-corrected chi connectivity index (χ3v) is 7.49. The van der Waals surface area contributed by atoms with Crippen LogP contribution in [0.25, 0.3) is 0 Å². The minimum atomic E-state index is -3.92. The zero-order chi connectivity index (χ0) is 23.9. The van der Waals surface area contributed by atoms with Crippen LogP contribution in [-0.2, 0) is 14.8 Å². The molecular formula is C25H24N2O6S. The number of carbonyl (C=O) groups excluding carboxylic acids is 1. The van der Waals surface area contributed by atoms with Gasteiger partial charge in [0.05, 0.1) is 17.1 Å². The van der Waals surface area contributed by atoms with Gasteiger partial charge in [0.1, 0.15) is 19.0 Å². The lowest BCUT2D eigenvalue weighted by atomic mass is 10.1. The number of ether oxygens (including phenoxy) is 3. The van der Waals surface area contributed by atoms with Gasteiger partial charge in [-0.2, -0.15) is 0 Å². The van der Waals surface area contributed by atoms with E-state index in [0.717, 1.165) is 11.1 Å². The fraction of sp³-hybridized carbons (Fsp3) is 0.240. The third kappa shape index (κ3) is 4.14. The molecule has 1 amide bonds. The van der Waals surface area contributed by atoms with Crippen molar-refractivity contribution < 1.29 is 27.4 Å². The predicted octanol–water partition coefficient (Wildman–Crippen LogP) is 3.67. The van der Waals surface area contributed by atoms with E-state index in [0.29, 0.717) is 41.8 Å². The first kappa shape index (κ1) is 22.1. The van der Waals surface area contributed by atoms with Gasteiger partial charge in [-0.05, 0) is 55.8 Å². The van der Waals surface area contributed by atoms with E-state index < -0.39 is 22.0 Å². The molecule has 34 heavy (non-hydrogen) atoms. The largest absolute Gasteiger partial charge is 0.486 e. The average molecular weight is 481 g/mol. The molecule has 3 aromatic rings. The van der Waals surface area contributed by atoms with Crippen molar-refractivity contribution in [2.75, 3.05) is 29.4 Å². The number of nitrogens with one attached hydrogen (secondary N) is 1. The Morgan fingerprint density at radius 1 is 0.882 bits per heavy atom. The molecule has 0 saturated carbocycles. The first-order valence-electron chi connectivity index (χ1n) is 10.9. The summed E-state index contributed by atoms with van der Waals surface area (Å²) in [5.41, 5.74) is 2.74. The van der Waals surface area contributed by atoms with Crippen LogP contribution in [0.15, 0.2) is 65.6 Å². The van der Waals surface area contributed by atoms with Crippen LogP contribution in [-0.4, -0.2) is 40.2 Å². The van der Waals surface area contributed by atoms with Crippen LogP contribution in [0.4, 0.5) is 11.4 Å². The number of hydrogen-bond acceptors (Lipinski definition) is 6. The quantitative estimate of drug-likeness (QED) is 0.612. The molecule has 2 aliphatic rings. The molecule has 0 aromatic heterocycles. The lowest BCUT2D eigenvalue weighted by molar-refractivity contribution is -0.122. The van der Waals surface area contributed by atoms with Gasteiger partial charge in [-0.3, -0.25) is 9.10 Å². The molecule has 9 heteroatoms. The maximum Gasteiger partial charge on any atom is 0.267 e. The summed E-state index contributed by atoms with van der Waals surface area (Å²) in [6, 6.07) is 17.0. The number of carbonyl (C=O) groups is 1. The summed E-state index contributed by atoms with van der Waals surface area (Å²) < 4.78 is 45.4. The van der Waals surface area contributed by atoms with Gasteiger partial charge in [0.15, 0.2) is 17.6 Å². The second-order valence-electron chi connectivity index (χ2n) is 8.27. The van der Waals surface area contributed by atoms with Crippen LogP contribution in [0.3, 0.4) is 0 Å². The van der Waals surface area contributed by atoms with E-state index in [4.69, 9.17) is 14.2 Å². The maximum atomic E-state index is 13.6. The highest BCUT2D eigenvalue weighted by molar-refractivity contribution is 7.92. The van der Waals surface area contributed by atoms with Crippen LogP contribution in [0.1, 0.15) is 11.1 Å². The highest BCUT2D eigenvalue weighted by atomic mass is 32.2. The standard InChI is InChI=1S/C25H24N2O6S/c1-16-3-7-19(8-4-16)34(29,30)27-15-24(33-21-9-5-17(2)13-20(21)27)25(28)26-18-6-10-22-23(14-18)32-12-11-31-22/h3-10,13-14,24H,11-12,15H2,1-2H3,(H,26,28). The van der Waals surface area contributed by atoms with Crippen molar-refractivity contribution in [2.45, 2.75) is 24.8 Å². The van der Waals surface area contributed by atoms with E-state index in [1.165, 1.54) is 4.31 Å². The number of hydrogen-bond donors (Lipinski definition) is 1. The van der Waals surface area contributed by atoms with Gasteiger partial charge in [0, 0.05) is 11.8 Å². The molecule has 1 N–H and O–H groups in total. The summed E-state index contributed by atoms with van der Waals surface area (Å²) in [6.45, 7) is 4.50. The second kappa shape index (κ2) is 8.57. The molecule has 0 spiro atoms. The molecule has 3 aromatic carbocycles. The van der Waals surface area contributed by atoms with Gasteiger partial charge in [0.25, 0.3) is 15.9 Å². The maximum absolute atomic E-state index is 13.6. The van der Waals surface area contributed by atoms with Crippen molar-refractivity contribution in [2.24, 2.45) is 0 Å². The van der Waals surface area contributed by atoms with Crippen molar-refractivity contribution in [1.29, 1.82) is 0 Å². The zero-order valence-electron chi connectivity index (χ0n) is 18.8. The molecule has 2 aliphatic heterocycles. The fourth-order valence-electron chi connectivity index (χ4n) is 3.91. The number of benzene rings is 3. The predicted molar refractivity (Wildman–Crippen MR) is 127 cm³/mol. The molecule has 176 valence electrons. The van der Waals surface area contributed by atoms with Crippen molar-refractivity contribution >= 4 is 27.3 Å². The van der Waals surface area contributed by atoms with Gasteiger partial charge in [-0.1, -0.05) is 23.8 Å². The molecular weight excluding hydrogens is 456 g/mol. The first-order valence-corrected chi connectivity index (χ1v) is 12.3. The SMILES string of the molecule is Cc1ccc(S(=O)(=O)N2CC(C(=O)Nc3ccc4c(c3)OCCO4)Oc3ccc(C)cc32)cc1. The Bertz CT molecular complexity index is 1350. The minimum absolute atomic E-state index is 0.151. The van der Waals surface area contributed by atoms with E-state index >= 15 is 0 Å². The summed E-state index contributed by atoms with van der Waals surface area (Å²) >= 11 is 0. The lowest BCUT2D eigenvalue weighted by Gasteiger charge is -2.35. The van der Waals surface area contributed by atoms with Gasteiger partial charge >= 0.3 is 0 Å². The van der Waals surface area contributed by atoms with Crippen LogP contribution >= 0.6 is 0 Å². The lowest BCUT2D eigenvalue weighted by Crippen LogP contribution is -2.48. The second-order valence-corrected chi connectivity index (χ2v) is 10.1. The molecule has 0 aliphatic carbocycles. The molecule has 0 bridgehead atoms. The van der Waals surface area contributed by atoms with Gasteiger partial charge < -0.3 is 19.5 Å². The van der Waals surface area contributed by atoms with Crippen LogP contribution in [0.5, 0.6) is 17.2 Å². The first-order chi connectivity index (χ1) is 16.3. The molecule has 2 heterocycles. The van der Waals surface area contributed by atoms with E-state index in [1.54, 1.807) is 54.6 Å². The zero-order valence-corrected chi connectivity index (χ0v) is 19.6. The average Bonchev–Trinajstić information content (AvgIpc) is 2.83. The molecule has 1 atom stereocenters. The highest BCUT2D eigenvalue weighted by Crippen LogP contribution is 2.38. The Kier molecular flexibility index (Phi) is 5.57. The van der Waals surface area contributed by atoms with Crippen molar-refractivity contribution in [1.82, 2.24) is 0 Å². The molecule has 0 saturated heterocycles. The number of amides is 1. The fourth-order valence-corrected chi connectivity index (χ4v) is 5.37. The van der Waals surface area contributed by atoms with E-state index in [9.17, 15) is 13.2 Å². The van der Waals surface area contributed by atoms with Gasteiger partial charge in [-0.15, -0.1) is 0 Å². The molecule has 1 unspecified atom stereocenters. The van der Waals surface area contributed by atoms with Crippen LogP contribution in [0.2, 0.25) is 0 Å². The Hall–Kier alpha value is -3.72. The molecule has 5 rings (SSSR count). The Morgan fingerprint density at radius 2 is 1.56 bits per heavy atom. The topological polar surface area (TPSA) is 94.2 Å². The van der Waals surface area contributed by atoms with Crippen LogP contribution < -0.4 is 23.8 Å². The molecule has 0 fully saturated rings. The van der Waals surface area contributed by atoms with E-state index in [-0.39, 0.29) is 11.4 Å². The normalized spacial score (nSPS) is 16.9. The summed E-state index contributed by atoms with van der Waals surface area (Å²) in [5, 5.41) is 2.80. The van der Waals surface area contributed by atoms with E-state index in [1.807, 2.05) is 19.9 Å². The number of rotatable bonds is 4. The number of aryl methyl sites for hydroxylation is 2. The van der Waals surface area contributed by atoms with Crippen LogP contribution in [0, 0.1) is 13.8 Å². The summed E-state index contributed by atoms with van der Waals surface area (Å²) in [5.74, 6) is 1.01. The van der Waals surface area contributed by atoms with Gasteiger partial charge in [-0.25, -0.2) is 8.42 Å². The number of sulfonamides is 1. The van der Waals surface area contributed by atoms with Crippen molar-refractivity contribution in [3.8, 4) is 17.2 Å². The van der Waals surface area contributed by atoms with E-state index in [2.05, 4.69) is 5.32 Å². The number of fused-ring (bicyclic) bond motifs is 2.